The van der Waals surface area contributed by atoms with Gasteiger partial charge in [-0.1, -0.05) is 19.9 Å². The zero-order valence-electron chi connectivity index (χ0n) is 19.1. The average Bonchev–Trinajstić information content (AvgIpc) is 3.24. The van der Waals surface area contributed by atoms with Gasteiger partial charge in [0.05, 0.1) is 18.8 Å². The molecule has 3 aliphatic rings. The number of hydrogen-bond acceptors (Lipinski definition) is 7. The monoisotopic (exact) mass is 441 g/mol. The lowest BCUT2D eigenvalue weighted by Gasteiger charge is -2.39. The lowest BCUT2D eigenvalue weighted by molar-refractivity contribution is -0.142. The molecule has 0 spiro atoms. The van der Waals surface area contributed by atoms with Gasteiger partial charge in [0.1, 0.15) is 6.61 Å². The van der Waals surface area contributed by atoms with Gasteiger partial charge in [0, 0.05) is 35.9 Å². The Kier molecular flexibility index (Phi) is 6.03. The van der Waals surface area contributed by atoms with E-state index in [2.05, 4.69) is 19.2 Å². The summed E-state index contributed by atoms with van der Waals surface area (Å²) >= 11 is 0. The SMILES string of the molecule is COc1cc([C@H]2C(C(=O)OC[C@H]3CCCO3)=C(C)NC3=C2C(=O)CC(C)(C)C3)ccc1O. The zero-order chi connectivity index (χ0) is 23.0. The van der Waals surface area contributed by atoms with E-state index in [0.29, 0.717) is 41.9 Å². The van der Waals surface area contributed by atoms with E-state index in [4.69, 9.17) is 14.2 Å². The predicted octanol–water partition coefficient (Wildman–Crippen LogP) is 3.73. The molecule has 7 heteroatoms. The van der Waals surface area contributed by atoms with E-state index in [0.717, 1.165) is 18.5 Å². The number of methoxy groups -OCH3 is 1. The first-order valence-electron chi connectivity index (χ1n) is 11.1. The average molecular weight is 442 g/mol. The van der Waals surface area contributed by atoms with Crippen LogP contribution in [0.5, 0.6) is 11.5 Å². The number of phenolic OH excluding ortho intramolecular Hbond substituents is 1. The lowest BCUT2D eigenvalue weighted by Crippen LogP contribution is -2.39. The summed E-state index contributed by atoms with van der Waals surface area (Å²) in [6, 6.07) is 4.94. The third-order valence-corrected chi connectivity index (χ3v) is 6.42. The van der Waals surface area contributed by atoms with Gasteiger partial charge in [-0.2, -0.15) is 0 Å². The number of phenols is 1. The van der Waals surface area contributed by atoms with Gasteiger partial charge >= 0.3 is 5.97 Å². The predicted molar refractivity (Wildman–Crippen MR) is 118 cm³/mol. The van der Waals surface area contributed by atoms with Gasteiger partial charge in [-0.25, -0.2) is 4.79 Å². The van der Waals surface area contributed by atoms with Crippen LogP contribution in [0, 0.1) is 5.41 Å². The number of carbonyl (C=O) groups is 2. The topological polar surface area (TPSA) is 94.1 Å². The van der Waals surface area contributed by atoms with Crippen LogP contribution in [0.4, 0.5) is 0 Å². The van der Waals surface area contributed by atoms with Crippen LogP contribution >= 0.6 is 0 Å². The minimum atomic E-state index is -0.596. The number of hydrogen-bond donors (Lipinski definition) is 2. The van der Waals surface area contributed by atoms with Crippen molar-refractivity contribution < 1.29 is 28.9 Å². The van der Waals surface area contributed by atoms with E-state index >= 15 is 0 Å². The Morgan fingerprint density at radius 3 is 2.78 bits per heavy atom. The Morgan fingerprint density at radius 2 is 2.09 bits per heavy atom. The number of dihydropyridines is 1. The Morgan fingerprint density at radius 1 is 1.31 bits per heavy atom. The molecule has 1 saturated heterocycles. The van der Waals surface area contributed by atoms with Gasteiger partial charge in [0.25, 0.3) is 0 Å². The van der Waals surface area contributed by atoms with Crippen LogP contribution in [0.2, 0.25) is 0 Å². The summed E-state index contributed by atoms with van der Waals surface area (Å²) in [4.78, 5) is 26.6. The second kappa shape index (κ2) is 8.62. The molecule has 0 radical (unpaired) electrons. The standard InChI is InChI=1S/C25H31NO6/c1-14-21(24(29)32-13-16-6-5-9-31-16)22(15-7-8-18(27)20(10-15)30-4)23-17(26-14)11-25(2,3)12-19(23)28/h7-8,10,16,22,26-27H,5-6,9,11-13H2,1-4H3/t16-,22+/m1/s1. The van der Waals surface area contributed by atoms with Crippen LogP contribution in [0.15, 0.2) is 40.7 Å². The van der Waals surface area contributed by atoms with Crippen molar-refractivity contribution in [3.63, 3.8) is 0 Å². The summed E-state index contributed by atoms with van der Waals surface area (Å²) < 4.78 is 16.5. The van der Waals surface area contributed by atoms with Crippen LogP contribution in [-0.4, -0.2) is 43.3 Å². The fourth-order valence-electron chi connectivity index (χ4n) is 4.94. The van der Waals surface area contributed by atoms with Crippen molar-refractivity contribution in [1.82, 2.24) is 5.32 Å². The van der Waals surface area contributed by atoms with Crippen LogP contribution in [-0.2, 0) is 19.1 Å². The summed E-state index contributed by atoms with van der Waals surface area (Å²) in [6.07, 6.45) is 2.84. The summed E-state index contributed by atoms with van der Waals surface area (Å²) in [7, 11) is 1.47. The van der Waals surface area contributed by atoms with E-state index in [9.17, 15) is 14.7 Å². The summed E-state index contributed by atoms with van der Waals surface area (Å²) in [5, 5.41) is 13.4. The van der Waals surface area contributed by atoms with Crippen molar-refractivity contribution >= 4 is 11.8 Å². The molecule has 4 rings (SSSR count). The number of allylic oxidation sites excluding steroid dienone is 3. The molecule has 1 aliphatic carbocycles. The highest BCUT2D eigenvalue weighted by Crippen LogP contribution is 2.47. The first-order valence-corrected chi connectivity index (χ1v) is 11.1. The Balaban J connectivity index is 1.75. The normalized spacial score (nSPS) is 24.8. The van der Waals surface area contributed by atoms with Gasteiger partial charge in [-0.3, -0.25) is 4.79 Å². The van der Waals surface area contributed by atoms with Crippen molar-refractivity contribution in [3.8, 4) is 11.5 Å². The van der Waals surface area contributed by atoms with Crippen LogP contribution in [0.25, 0.3) is 0 Å². The molecule has 172 valence electrons. The smallest absolute Gasteiger partial charge is 0.336 e. The second-order valence-corrected chi connectivity index (χ2v) is 9.59. The van der Waals surface area contributed by atoms with Crippen molar-refractivity contribution in [2.24, 2.45) is 5.41 Å². The summed E-state index contributed by atoms with van der Waals surface area (Å²) in [6.45, 7) is 6.85. The van der Waals surface area contributed by atoms with Crippen molar-refractivity contribution in [1.29, 1.82) is 0 Å². The highest BCUT2D eigenvalue weighted by molar-refractivity contribution is 6.04. The van der Waals surface area contributed by atoms with Crippen LogP contribution in [0.3, 0.4) is 0 Å². The molecule has 1 fully saturated rings. The molecular weight excluding hydrogens is 410 g/mol. The van der Waals surface area contributed by atoms with Crippen LogP contribution < -0.4 is 10.1 Å². The number of nitrogens with one attached hydrogen (secondary N) is 1. The van der Waals surface area contributed by atoms with Crippen molar-refractivity contribution in [2.75, 3.05) is 20.3 Å². The zero-order valence-corrected chi connectivity index (χ0v) is 19.1. The second-order valence-electron chi connectivity index (χ2n) is 9.59. The molecular formula is C25H31NO6. The highest BCUT2D eigenvalue weighted by Gasteiger charge is 2.43. The minimum Gasteiger partial charge on any atom is -0.504 e. The molecule has 2 heterocycles. The van der Waals surface area contributed by atoms with Gasteiger partial charge in [-0.05, 0) is 49.3 Å². The third kappa shape index (κ3) is 4.26. The summed E-state index contributed by atoms with van der Waals surface area (Å²) in [5.41, 5.74) is 3.04. The minimum absolute atomic E-state index is 0.00120. The first-order chi connectivity index (χ1) is 15.2. The van der Waals surface area contributed by atoms with Gasteiger partial charge in [0.15, 0.2) is 17.3 Å². The molecule has 0 unspecified atom stereocenters. The molecule has 1 aromatic carbocycles. The number of carbonyl (C=O) groups excluding carboxylic acids is 2. The van der Waals surface area contributed by atoms with Gasteiger partial charge in [-0.15, -0.1) is 0 Å². The molecule has 0 bridgehead atoms. The van der Waals surface area contributed by atoms with E-state index in [1.807, 2.05) is 6.92 Å². The molecule has 7 nitrogen and oxygen atoms in total. The fraction of sp³-hybridized carbons (Fsp3) is 0.520. The van der Waals surface area contributed by atoms with E-state index in [1.165, 1.54) is 13.2 Å². The Bertz CT molecular complexity index is 1000. The maximum absolute atomic E-state index is 13.3. The number of esters is 1. The number of benzene rings is 1. The molecule has 2 N–H and O–H groups in total. The Hall–Kier alpha value is -2.80. The molecule has 0 saturated carbocycles. The van der Waals surface area contributed by atoms with Crippen molar-refractivity contribution in [2.45, 2.75) is 58.5 Å². The maximum Gasteiger partial charge on any atom is 0.336 e. The molecule has 1 aromatic rings. The van der Waals surface area contributed by atoms with E-state index in [1.54, 1.807) is 12.1 Å². The number of aromatic hydroxyl groups is 1. The van der Waals surface area contributed by atoms with Crippen LogP contribution in [0.1, 0.15) is 57.9 Å². The van der Waals surface area contributed by atoms with Gasteiger partial charge < -0.3 is 24.6 Å². The Labute approximate surface area is 188 Å². The number of ketones is 1. The number of rotatable bonds is 5. The highest BCUT2D eigenvalue weighted by atomic mass is 16.6. The van der Waals surface area contributed by atoms with E-state index < -0.39 is 11.9 Å². The summed E-state index contributed by atoms with van der Waals surface area (Å²) in [5.74, 6) is -0.763. The molecule has 32 heavy (non-hydrogen) atoms. The number of ether oxygens (including phenoxy) is 3. The molecule has 0 amide bonds. The fourth-order valence-corrected chi connectivity index (χ4v) is 4.94. The van der Waals surface area contributed by atoms with E-state index in [-0.39, 0.29) is 35.4 Å². The molecule has 0 aromatic heterocycles. The first kappa shape index (κ1) is 22.4. The maximum atomic E-state index is 13.3. The molecule has 2 aliphatic heterocycles. The quantitative estimate of drug-likeness (QED) is 0.673. The third-order valence-electron chi connectivity index (χ3n) is 6.42. The number of Topliss-reactive ketones (excluding diaryl/α,β-unsaturated/α-hetero) is 1. The molecule has 2 atom stereocenters. The largest absolute Gasteiger partial charge is 0.504 e. The van der Waals surface area contributed by atoms with Crippen molar-refractivity contribution in [3.05, 3.63) is 46.3 Å². The van der Waals surface area contributed by atoms with Gasteiger partial charge in [0.2, 0.25) is 0 Å². The lowest BCUT2D eigenvalue weighted by atomic mass is 9.68.